The zero-order chi connectivity index (χ0) is 25.3. The molecular weight excluding hydrogens is 458 g/mol. The molecule has 0 spiro atoms. The molecule has 1 aliphatic rings. The smallest absolute Gasteiger partial charge is 0.306 e. The molecule has 0 saturated heterocycles. The summed E-state index contributed by atoms with van der Waals surface area (Å²) in [6.07, 6.45) is -1.79. The summed E-state index contributed by atoms with van der Waals surface area (Å²) in [4.78, 5) is 15.5. The van der Waals surface area contributed by atoms with Crippen LogP contribution in [0.1, 0.15) is 24.5 Å². The molecule has 2 aromatic carbocycles. The predicted octanol–water partition coefficient (Wildman–Crippen LogP) is 3.99. The van der Waals surface area contributed by atoms with E-state index in [4.69, 9.17) is 29.2 Å². The Hall–Kier alpha value is -4.02. The molecule has 0 bridgehead atoms. The maximum Gasteiger partial charge on any atom is 0.306 e. The maximum absolute atomic E-state index is 12.8. The number of benzene rings is 2. The average Bonchev–Trinajstić information content (AvgIpc) is 3.68. The third-order valence-corrected chi connectivity index (χ3v) is 5.36. The van der Waals surface area contributed by atoms with Gasteiger partial charge in [0, 0.05) is 23.3 Å². The molecule has 0 aliphatic carbocycles. The molecule has 0 saturated carbocycles. The molecule has 0 aromatic heterocycles. The molecule has 35 heavy (non-hydrogen) atoms. The van der Waals surface area contributed by atoms with Gasteiger partial charge < -0.3 is 28.8 Å². The zero-order valence-electron chi connectivity index (χ0n) is 19.7. The second-order valence-corrected chi connectivity index (χ2v) is 7.59. The molecule has 12 heteroatoms. The van der Waals surface area contributed by atoms with E-state index in [1.54, 1.807) is 42.5 Å². The molecule has 3 rings (SSSR count). The van der Waals surface area contributed by atoms with E-state index in [2.05, 4.69) is 20.3 Å². The number of hydrogen-bond acceptors (Lipinski definition) is 10. The summed E-state index contributed by atoms with van der Waals surface area (Å²) in [5, 5.41) is 21.5. The van der Waals surface area contributed by atoms with Gasteiger partial charge in [0.1, 0.15) is 0 Å². The first-order valence-corrected chi connectivity index (χ1v) is 10.8. The number of aliphatic hydroxyl groups is 1. The van der Waals surface area contributed by atoms with Gasteiger partial charge in [-0.25, -0.2) is 0 Å². The number of hydrogen-bond donors (Lipinski definition) is 1. The maximum atomic E-state index is 12.8. The first kappa shape index (κ1) is 25.6. The summed E-state index contributed by atoms with van der Waals surface area (Å²) in [6, 6.07) is 12.0. The highest BCUT2D eigenvalue weighted by Gasteiger charge is 2.40. The van der Waals surface area contributed by atoms with Crippen molar-refractivity contribution in [3.63, 3.8) is 0 Å². The molecule has 1 aliphatic heterocycles. The topological polar surface area (TPSA) is 157 Å². The number of rotatable bonds is 14. The molecule has 0 radical (unpaired) electrons. The van der Waals surface area contributed by atoms with Crippen LogP contribution in [0.4, 0.5) is 0 Å². The summed E-state index contributed by atoms with van der Waals surface area (Å²) < 4.78 is 27.8. The van der Waals surface area contributed by atoms with Crippen LogP contribution in [0.3, 0.4) is 0 Å². The Morgan fingerprint density at radius 3 is 2.31 bits per heavy atom. The Morgan fingerprint density at radius 2 is 1.71 bits per heavy atom. The minimum Gasteiger partial charge on any atom is -0.493 e. The van der Waals surface area contributed by atoms with Crippen molar-refractivity contribution in [1.82, 2.24) is 0 Å². The number of carbonyl (C=O) groups is 1. The lowest BCUT2D eigenvalue weighted by Crippen LogP contribution is -2.33. The summed E-state index contributed by atoms with van der Waals surface area (Å²) in [5.74, 6) is 1.18. The van der Waals surface area contributed by atoms with Gasteiger partial charge in [-0.15, -0.1) is 0 Å². The lowest BCUT2D eigenvalue weighted by Gasteiger charge is -2.28. The van der Waals surface area contributed by atoms with Gasteiger partial charge in [-0.2, -0.15) is 10.2 Å². The fourth-order valence-electron chi connectivity index (χ4n) is 3.42. The van der Waals surface area contributed by atoms with Crippen molar-refractivity contribution in [2.45, 2.75) is 30.7 Å². The van der Waals surface area contributed by atoms with Crippen molar-refractivity contribution in [2.75, 3.05) is 34.5 Å². The van der Waals surface area contributed by atoms with Crippen LogP contribution < -0.4 is 18.9 Å². The molecule has 2 atom stereocenters. The van der Waals surface area contributed by atoms with Crippen LogP contribution in [0.15, 0.2) is 57.8 Å². The van der Waals surface area contributed by atoms with Crippen LogP contribution in [0.25, 0.3) is 10.4 Å². The SMILES string of the molecule is COc1ccc(C(OC(=O)CCC2(CN=[N+]=[N-])N=N2)C(CO)Oc2ccccc2OC)cc1OC. The van der Waals surface area contributed by atoms with Crippen LogP contribution in [-0.4, -0.2) is 57.3 Å². The standard InChI is InChI=1S/C23H27N5O7/c1-31-16-6-4-5-7-18(16)34-20(13-29)22(15-8-9-17(32-2)19(12-15)33-3)35-21(30)10-11-23(26-27-23)14-25-28-24/h4-9,12,20,22,29H,10-11,13-14H2,1-3H3. The lowest BCUT2D eigenvalue weighted by molar-refractivity contribution is -0.156. The van der Waals surface area contributed by atoms with Crippen LogP contribution in [-0.2, 0) is 9.53 Å². The Bertz CT molecular complexity index is 1100. The lowest BCUT2D eigenvalue weighted by atomic mass is 10.0. The van der Waals surface area contributed by atoms with E-state index in [0.29, 0.717) is 28.6 Å². The van der Waals surface area contributed by atoms with E-state index in [1.165, 1.54) is 21.3 Å². The minimum absolute atomic E-state index is 0.0338. The average molecular weight is 485 g/mol. The third-order valence-electron chi connectivity index (χ3n) is 5.36. The van der Waals surface area contributed by atoms with Crippen molar-refractivity contribution < 1.29 is 33.6 Å². The Balaban J connectivity index is 1.84. The number of para-hydroxylation sites is 2. The summed E-state index contributed by atoms with van der Waals surface area (Å²) in [6.45, 7) is -0.429. The van der Waals surface area contributed by atoms with Gasteiger partial charge in [0.15, 0.2) is 40.9 Å². The van der Waals surface area contributed by atoms with Crippen molar-refractivity contribution in [3.05, 3.63) is 58.5 Å². The van der Waals surface area contributed by atoms with Crippen LogP contribution in [0, 0.1) is 0 Å². The quantitative estimate of drug-likeness (QED) is 0.183. The normalized spacial score (nSPS) is 14.7. The van der Waals surface area contributed by atoms with Crippen molar-refractivity contribution in [2.24, 2.45) is 15.3 Å². The second-order valence-electron chi connectivity index (χ2n) is 7.59. The first-order chi connectivity index (χ1) is 17.0. The van der Waals surface area contributed by atoms with Gasteiger partial charge in [-0.05, 0) is 29.8 Å². The molecule has 0 fully saturated rings. The van der Waals surface area contributed by atoms with Gasteiger partial charge in [-0.1, -0.05) is 23.3 Å². The third kappa shape index (κ3) is 6.52. The molecule has 186 valence electrons. The second kappa shape index (κ2) is 11.9. The van der Waals surface area contributed by atoms with Gasteiger partial charge in [-0.3, -0.25) is 4.79 Å². The van der Waals surface area contributed by atoms with E-state index in [9.17, 15) is 9.90 Å². The zero-order valence-corrected chi connectivity index (χ0v) is 19.7. The Labute approximate surface area is 202 Å². The predicted molar refractivity (Wildman–Crippen MR) is 124 cm³/mol. The monoisotopic (exact) mass is 485 g/mol. The van der Waals surface area contributed by atoms with E-state index in [1.807, 2.05) is 0 Å². The Morgan fingerprint density at radius 1 is 1.06 bits per heavy atom. The molecule has 2 aromatic rings. The molecule has 2 unspecified atom stereocenters. The van der Waals surface area contributed by atoms with E-state index < -0.39 is 30.4 Å². The molecule has 0 amide bonds. The molecule has 12 nitrogen and oxygen atoms in total. The highest BCUT2D eigenvalue weighted by Crippen LogP contribution is 2.37. The summed E-state index contributed by atoms with van der Waals surface area (Å²) in [5.41, 5.74) is 8.17. The highest BCUT2D eigenvalue weighted by molar-refractivity contribution is 5.70. The van der Waals surface area contributed by atoms with Crippen molar-refractivity contribution in [1.29, 1.82) is 0 Å². The number of carbonyl (C=O) groups excluding carboxylic acids is 1. The van der Waals surface area contributed by atoms with Crippen LogP contribution in [0.5, 0.6) is 23.0 Å². The highest BCUT2D eigenvalue weighted by atomic mass is 16.6. The Kier molecular flexibility index (Phi) is 8.71. The number of aliphatic hydroxyl groups excluding tert-OH is 1. The first-order valence-electron chi connectivity index (χ1n) is 10.8. The van der Waals surface area contributed by atoms with Crippen LogP contribution >= 0.6 is 0 Å². The van der Waals surface area contributed by atoms with Crippen LogP contribution in [0.2, 0.25) is 0 Å². The largest absolute Gasteiger partial charge is 0.493 e. The number of methoxy groups -OCH3 is 3. The van der Waals surface area contributed by atoms with Gasteiger partial charge in [0.2, 0.25) is 0 Å². The van der Waals surface area contributed by atoms with E-state index >= 15 is 0 Å². The molecular formula is C23H27N5O7. The minimum atomic E-state index is -1.00. The van der Waals surface area contributed by atoms with Gasteiger partial charge >= 0.3 is 5.97 Å². The number of azide groups is 1. The number of esters is 1. The van der Waals surface area contributed by atoms with Crippen molar-refractivity contribution >= 4 is 5.97 Å². The molecule has 1 N–H and O–H groups in total. The fourth-order valence-corrected chi connectivity index (χ4v) is 3.42. The summed E-state index contributed by atoms with van der Waals surface area (Å²) in [7, 11) is 4.50. The molecule has 1 heterocycles. The van der Waals surface area contributed by atoms with Gasteiger partial charge in [0.25, 0.3) is 0 Å². The van der Waals surface area contributed by atoms with E-state index in [-0.39, 0.29) is 19.4 Å². The number of nitrogens with zero attached hydrogens (tertiary/aromatic N) is 5. The summed E-state index contributed by atoms with van der Waals surface area (Å²) >= 11 is 0. The number of ether oxygens (including phenoxy) is 5. The van der Waals surface area contributed by atoms with Gasteiger partial charge in [0.05, 0.1) is 34.5 Å². The van der Waals surface area contributed by atoms with Crippen molar-refractivity contribution in [3.8, 4) is 23.0 Å². The van der Waals surface area contributed by atoms with E-state index in [0.717, 1.165) is 0 Å². The fraction of sp³-hybridized carbons (Fsp3) is 0.435.